The Morgan fingerprint density at radius 1 is 1.15 bits per heavy atom. The zero-order valence-corrected chi connectivity index (χ0v) is 17.2. The van der Waals surface area contributed by atoms with Crippen molar-refractivity contribution >= 4 is 29.3 Å². The topological polar surface area (TPSA) is 32.3 Å². The summed E-state index contributed by atoms with van der Waals surface area (Å²) in [6.07, 6.45) is 2.89. The molecule has 26 heavy (non-hydrogen) atoms. The minimum atomic E-state index is -0.115. The normalized spacial score (nSPS) is 12.2. The average Bonchev–Trinajstić information content (AvgIpc) is 2.67. The summed E-state index contributed by atoms with van der Waals surface area (Å²) in [6, 6.07) is 16.2. The molecule has 0 bridgehead atoms. The van der Waals surface area contributed by atoms with E-state index in [1.807, 2.05) is 24.5 Å². The molecule has 0 aliphatic heterocycles. The number of halogens is 1. The average molecular weight is 391 g/mol. The van der Waals surface area contributed by atoms with E-state index in [1.165, 1.54) is 5.56 Å². The second-order valence-electron chi connectivity index (χ2n) is 6.12. The molecule has 2 aromatic carbocycles. The van der Waals surface area contributed by atoms with Crippen LogP contribution in [0.2, 0.25) is 5.02 Å². The van der Waals surface area contributed by atoms with Crippen molar-refractivity contribution in [2.24, 2.45) is 0 Å². The quantitative estimate of drug-likeness (QED) is 0.627. The number of likely N-dealkylation sites (N-methyl/N-ethyl adjacent to an activating group) is 1. The van der Waals surface area contributed by atoms with Gasteiger partial charge in [-0.3, -0.25) is 9.69 Å². The summed E-state index contributed by atoms with van der Waals surface area (Å²) in [5, 5.41) is 3.57. The van der Waals surface area contributed by atoms with Gasteiger partial charge in [0.1, 0.15) is 0 Å². The highest BCUT2D eigenvalue weighted by Gasteiger charge is 2.19. The number of rotatable bonds is 9. The van der Waals surface area contributed by atoms with Crippen LogP contribution >= 0.6 is 23.4 Å². The molecule has 2 aromatic rings. The van der Waals surface area contributed by atoms with E-state index in [9.17, 15) is 4.79 Å². The Morgan fingerprint density at radius 2 is 1.85 bits per heavy atom. The van der Waals surface area contributed by atoms with Crippen LogP contribution in [0.1, 0.15) is 29.8 Å². The van der Waals surface area contributed by atoms with Crippen LogP contribution in [-0.4, -0.2) is 42.7 Å². The minimum Gasteiger partial charge on any atom is -0.350 e. The highest BCUT2D eigenvalue weighted by atomic mass is 35.5. The number of nitrogens with one attached hydrogen (secondary N) is 1. The molecule has 1 N–H and O–H groups in total. The summed E-state index contributed by atoms with van der Waals surface area (Å²) in [4.78, 5) is 16.1. The first kappa shape index (κ1) is 20.8. The highest BCUT2D eigenvalue weighted by molar-refractivity contribution is 7.98. The van der Waals surface area contributed by atoms with Crippen LogP contribution in [0.25, 0.3) is 0 Å². The van der Waals surface area contributed by atoms with Crippen molar-refractivity contribution in [1.29, 1.82) is 0 Å². The first-order valence-corrected chi connectivity index (χ1v) is 10.6. The van der Waals surface area contributed by atoms with Crippen molar-refractivity contribution in [3.63, 3.8) is 0 Å². The van der Waals surface area contributed by atoms with Gasteiger partial charge in [0.25, 0.3) is 5.91 Å². The van der Waals surface area contributed by atoms with E-state index in [-0.39, 0.29) is 11.9 Å². The second-order valence-corrected chi connectivity index (χ2v) is 7.41. The molecule has 1 unspecified atom stereocenters. The summed E-state index contributed by atoms with van der Waals surface area (Å²) in [7, 11) is 0. The van der Waals surface area contributed by atoms with Crippen LogP contribution in [0.5, 0.6) is 0 Å². The van der Waals surface area contributed by atoms with Gasteiger partial charge in [0.05, 0.1) is 10.6 Å². The molecule has 0 radical (unpaired) electrons. The van der Waals surface area contributed by atoms with Gasteiger partial charge in [-0.25, -0.2) is 0 Å². The Morgan fingerprint density at radius 3 is 2.46 bits per heavy atom. The Bertz CT molecular complexity index is 704. The molecular weight excluding hydrogens is 364 g/mol. The SMILES string of the molecule is CCN(CC)C(CNC(=O)c1cc(SC)ccc1Cl)Cc1ccccc1. The van der Waals surface area contributed by atoms with Crippen LogP contribution in [0.3, 0.4) is 0 Å². The predicted octanol–water partition coefficient (Wildman–Crippen LogP) is 4.74. The second kappa shape index (κ2) is 10.6. The van der Waals surface area contributed by atoms with E-state index < -0.39 is 0 Å². The van der Waals surface area contributed by atoms with E-state index in [4.69, 9.17) is 11.6 Å². The molecule has 0 aromatic heterocycles. The fraction of sp³-hybridized carbons (Fsp3) is 0.381. The highest BCUT2D eigenvalue weighted by Crippen LogP contribution is 2.23. The molecule has 0 spiro atoms. The van der Waals surface area contributed by atoms with Crippen molar-refractivity contribution in [2.75, 3.05) is 25.9 Å². The lowest BCUT2D eigenvalue weighted by molar-refractivity contribution is 0.0934. The summed E-state index contributed by atoms with van der Waals surface area (Å²) >= 11 is 7.83. The van der Waals surface area contributed by atoms with Crippen LogP contribution in [0, 0.1) is 0 Å². The number of carbonyl (C=O) groups is 1. The molecule has 1 atom stereocenters. The number of amides is 1. The molecule has 2 rings (SSSR count). The van der Waals surface area contributed by atoms with Gasteiger partial charge in [-0.05, 0) is 49.5 Å². The van der Waals surface area contributed by atoms with Gasteiger partial charge in [-0.2, -0.15) is 0 Å². The van der Waals surface area contributed by atoms with E-state index in [2.05, 4.69) is 48.3 Å². The molecule has 5 heteroatoms. The lowest BCUT2D eigenvalue weighted by atomic mass is 10.0. The third kappa shape index (κ3) is 5.76. The molecule has 1 amide bonds. The van der Waals surface area contributed by atoms with Crippen molar-refractivity contribution < 1.29 is 4.79 Å². The Kier molecular flexibility index (Phi) is 8.49. The predicted molar refractivity (Wildman–Crippen MR) is 112 cm³/mol. The summed E-state index contributed by atoms with van der Waals surface area (Å²) in [5.74, 6) is -0.115. The number of nitrogens with zero attached hydrogens (tertiary/aromatic N) is 1. The number of benzene rings is 2. The molecule has 0 saturated heterocycles. The smallest absolute Gasteiger partial charge is 0.252 e. The Labute approximate surface area is 166 Å². The van der Waals surface area contributed by atoms with Crippen molar-refractivity contribution in [1.82, 2.24) is 10.2 Å². The molecule has 0 aliphatic carbocycles. The molecular formula is C21H27ClN2OS. The van der Waals surface area contributed by atoms with Gasteiger partial charge >= 0.3 is 0 Å². The van der Waals surface area contributed by atoms with Crippen LogP contribution in [-0.2, 0) is 6.42 Å². The largest absolute Gasteiger partial charge is 0.350 e. The molecule has 0 fully saturated rings. The zero-order chi connectivity index (χ0) is 18.9. The molecule has 0 heterocycles. The van der Waals surface area contributed by atoms with Crippen molar-refractivity contribution in [2.45, 2.75) is 31.2 Å². The van der Waals surface area contributed by atoms with E-state index in [1.54, 1.807) is 17.8 Å². The lowest BCUT2D eigenvalue weighted by Crippen LogP contribution is -2.45. The fourth-order valence-corrected chi connectivity index (χ4v) is 3.71. The van der Waals surface area contributed by atoms with Gasteiger partial charge in [-0.1, -0.05) is 55.8 Å². The Hall–Kier alpha value is -1.49. The summed E-state index contributed by atoms with van der Waals surface area (Å²) < 4.78 is 0. The first-order valence-electron chi connectivity index (χ1n) is 8.98. The molecule has 0 aliphatic rings. The Balaban J connectivity index is 2.09. The maximum atomic E-state index is 12.7. The molecule has 3 nitrogen and oxygen atoms in total. The fourth-order valence-electron chi connectivity index (χ4n) is 3.07. The van der Waals surface area contributed by atoms with E-state index in [0.717, 1.165) is 24.4 Å². The van der Waals surface area contributed by atoms with Crippen LogP contribution in [0.4, 0.5) is 0 Å². The van der Waals surface area contributed by atoms with Gasteiger partial charge < -0.3 is 5.32 Å². The maximum Gasteiger partial charge on any atom is 0.252 e. The van der Waals surface area contributed by atoms with Crippen LogP contribution in [0.15, 0.2) is 53.4 Å². The number of thioether (sulfide) groups is 1. The third-order valence-corrected chi connectivity index (χ3v) is 5.61. The van der Waals surface area contributed by atoms with Gasteiger partial charge in [-0.15, -0.1) is 11.8 Å². The number of hydrogen-bond acceptors (Lipinski definition) is 3. The van der Waals surface area contributed by atoms with Crippen molar-refractivity contribution in [3.8, 4) is 0 Å². The summed E-state index contributed by atoms with van der Waals surface area (Å²) in [6.45, 7) is 6.80. The number of carbonyl (C=O) groups excluding carboxylic acids is 1. The lowest BCUT2D eigenvalue weighted by Gasteiger charge is -2.30. The third-order valence-electron chi connectivity index (χ3n) is 4.56. The monoisotopic (exact) mass is 390 g/mol. The standard InChI is InChI=1S/C21H27ClN2OS/c1-4-24(5-2)17(13-16-9-7-6-8-10-16)15-23-21(25)19-14-18(26-3)11-12-20(19)22/h6-12,14,17H,4-5,13,15H2,1-3H3,(H,23,25). The van der Waals surface area contributed by atoms with Gasteiger partial charge in [0.2, 0.25) is 0 Å². The molecule has 0 saturated carbocycles. The van der Waals surface area contributed by atoms with Crippen molar-refractivity contribution in [3.05, 3.63) is 64.7 Å². The minimum absolute atomic E-state index is 0.115. The van der Waals surface area contributed by atoms with E-state index in [0.29, 0.717) is 17.1 Å². The number of hydrogen-bond donors (Lipinski definition) is 1. The van der Waals surface area contributed by atoms with Crippen LogP contribution < -0.4 is 5.32 Å². The van der Waals surface area contributed by atoms with Gasteiger partial charge in [0.15, 0.2) is 0 Å². The first-order chi connectivity index (χ1) is 12.6. The van der Waals surface area contributed by atoms with E-state index >= 15 is 0 Å². The van der Waals surface area contributed by atoms with Gasteiger partial charge in [0, 0.05) is 17.5 Å². The molecule has 140 valence electrons. The summed E-state index contributed by atoms with van der Waals surface area (Å²) in [5.41, 5.74) is 1.82. The zero-order valence-electron chi connectivity index (χ0n) is 15.7. The maximum absolute atomic E-state index is 12.7.